The van der Waals surface area contributed by atoms with E-state index in [4.69, 9.17) is 11.0 Å². The van der Waals surface area contributed by atoms with E-state index in [1.165, 1.54) is 0 Å². The van der Waals surface area contributed by atoms with Crippen molar-refractivity contribution in [3.8, 4) is 6.07 Å². The first kappa shape index (κ1) is 6.88. The number of nitrogens with two attached hydrogens (primary N) is 1. The van der Waals surface area contributed by atoms with E-state index in [2.05, 4.69) is 6.07 Å². The van der Waals surface area contributed by atoms with Gasteiger partial charge < -0.3 is 5.73 Å². The Morgan fingerprint density at radius 1 is 1.80 bits per heavy atom. The van der Waals surface area contributed by atoms with E-state index in [1.54, 1.807) is 6.08 Å². The van der Waals surface area contributed by atoms with Gasteiger partial charge in [0, 0.05) is 5.70 Å². The van der Waals surface area contributed by atoms with Gasteiger partial charge in [-0.3, -0.25) is 0 Å². The molecule has 0 aliphatic heterocycles. The van der Waals surface area contributed by atoms with Crippen molar-refractivity contribution >= 4 is 0 Å². The SMILES string of the molecule is CC1(C#N)C=CC(N)=CC1. The predicted octanol–water partition coefficient (Wildman–Crippen LogP) is 1.32. The quantitative estimate of drug-likeness (QED) is 0.543. The van der Waals surface area contributed by atoms with Crippen molar-refractivity contribution in [1.29, 1.82) is 5.26 Å². The molecule has 2 heteroatoms. The molecular formula is C8H10N2. The monoisotopic (exact) mass is 134 g/mol. The lowest BCUT2D eigenvalue weighted by molar-refractivity contribution is 0.569. The smallest absolute Gasteiger partial charge is 0.0764 e. The van der Waals surface area contributed by atoms with Crippen LogP contribution in [0.5, 0.6) is 0 Å². The zero-order chi connectivity index (χ0) is 7.61. The molecule has 0 fully saturated rings. The molecule has 1 atom stereocenters. The summed E-state index contributed by atoms with van der Waals surface area (Å²) >= 11 is 0. The van der Waals surface area contributed by atoms with Crippen molar-refractivity contribution in [2.24, 2.45) is 11.1 Å². The second-order valence-corrected chi connectivity index (χ2v) is 2.77. The lowest BCUT2D eigenvalue weighted by Crippen LogP contribution is -2.13. The van der Waals surface area contributed by atoms with Crippen molar-refractivity contribution in [1.82, 2.24) is 0 Å². The number of nitriles is 1. The summed E-state index contributed by atoms with van der Waals surface area (Å²) in [6.07, 6.45) is 6.24. The molecule has 1 unspecified atom stereocenters. The summed E-state index contributed by atoms with van der Waals surface area (Å²) in [6, 6.07) is 2.21. The maximum absolute atomic E-state index is 8.67. The van der Waals surface area contributed by atoms with E-state index < -0.39 is 0 Å². The number of nitrogens with zero attached hydrogens (tertiary/aromatic N) is 1. The van der Waals surface area contributed by atoms with Crippen LogP contribution in [0.25, 0.3) is 0 Å². The molecule has 0 bridgehead atoms. The van der Waals surface area contributed by atoms with Gasteiger partial charge in [-0.2, -0.15) is 5.26 Å². The number of hydrogen-bond donors (Lipinski definition) is 1. The van der Waals surface area contributed by atoms with Crippen LogP contribution in [0.3, 0.4) is 0 Å². The molecular weight excluding hydrogens is 124 g/mol. The third kappa shape index (κ3) is 1.19. The van der Waals surface area contributed by atoms with Crippen molar-refractivity contribution in [3.05, 3.63) is 23.9 Å². The van der Waals surface area contributed by atoms with Gasteiger partial charge in [-0.25, -0.2) is 0 Å². The first-order valence-corrected chi connectivity index (χ1v) is 3.22. The topological polar surface area (TPSA) is 49.8 Å². The summed E-state index contributed by atoms with van der Waals surface area (Å²) in [6.45, 7) is 1.90. The maximum Gasteiger partial charge on any atom is 0.0764 e. The summed E-state index contributed by atoms with van der Waals surface area (Å²) in [5.41, 5.74) is 5.90. The zero-order valence-corrected chi connectivity index (χ0v) is 5.96. The van der Waals surface area contributed by atoms with Crippen molar-refractivity contribution < 1.29 is 0 Å². The zero-order valence-electron chi connectivity index (χ0n) is 5.96. The van der Waals surface area contributed by atoms with Gasteiger partial charge in [0.25, 0.3) is 0 Å². The van der Waals surface area contributed by atoms with Crippen molar-refractivity contribution in [2.75, 3.05) is 0 Å². The normalized spacial score (nSPS) is 31.0. The Morgan fingerprint density at radius 3 is 2.90 bits per heavy atom. The third-order valence-corrected chi connectivity index (χ3v) is 1.66. The highest BCUT2D eigenvalue weighted by atomic mass is 14.6. The lowest BCUT2D eigenvalue weighted by Gasteiger charge is -2.17. The summed E-state index contributed by atoms with van der Waals surface area (Å²) in [4.78, 5) is 0. The molecule has 0 spiro atoms. The van der Waals surface area contributed by atoms with E-state index in [0.29, 0.717) is 0 Å². The maximum atomic E-state index is 8.67. The van der Waals surface area contributed by atoms with Gasteiger partial charge in [0.05, 0.1) is 11.5 Å². The average molecular weight is 134 g/mol. The van der Waals surface area contributed by atoms with Crippen LogP contribution < -0.4 is 5.73 Å². The van der Waals surface area contributed by atoms with Crippen LogP contribution in [-0.4, -0.2) is 0 Å². The Kier molecular flexibility index (Phi) is 1.50. The van der Waals surface area contributed by atoms with Gasteiger partial charge in [0.15, 0.2) is 0 Å². The molecule has 2 nitrogen and oxygen atoms in total. The lowest BCUT2D eigenvalue weighted by atomic mass is 9.85. The molecule has 0 aromatic rings. The van der Waals surface area contributed by atoms with Gasteiger partial charge >= 0.3 is 0 Å². The highest BCUT2D eigenvalue weighted by Crippen LogP contribution is 2.26. The molecule has 0 radical (unpaired) electrons. The van der Waals surface area contributed by atoms with Gasteiger partial charge in [0.1, 0.15) is 0 Å². The van der Waals surface area contributed by atoms with E-state index in [9.17, 15) is 0 Å². The predicted molar refractivity (Wildman–Crippen MR) is 39.7 cm³/mol. The fraction of sp³-hybridized carbons (Fsp3) is 0.375. The first-order valence-electron chi connectivity index (χ1n) is 3.22. The van der Waals surface area contributed by atoms with E-state index >= 15 is 0 Å². The van der Waals surface area contributed by atoms with Gasteiger partial charge in [-0.05, 0) is 19.4 Å². The Bertz CT molecular complexity index is 232. The molecule has 52 valence electrons. The summed E-state index contributed by atoms with van der Waals surface area (Å²) in [5.74, 6) is 0. The number of hydrogen-bond acceptors (Lipinski definition) is 2. The van der Waals surface area contributed by atoms with Crippen LogP contribution in [0.2, 0.25) is 0 Å². The van der Waals surface area contributed by atoms with Crippen LogP contribution in [0.4, 0.5) is 0 Å². The molecule has 0 heterocycles. The summed E-state index contributed by atoms with van der Waals surface area (Å²) in [5, 5.41) is 8.67. The largest absolute Gasteiger partial charge is 0.399 e. The second kappa shape index (κ2) is 2.18. The van der Waals surface area contributed by atoms with Crippen LogP contribution in [-0.2, 0) is 0 Å². The number of allylic oxidation sites excluding steroid dienone is 3. The fourth-order valence-electron chi connectivity index (χ4n) is 0.829. The molecule has 0 aromatic carbocycles. The third-order valence-electron chi connectivity index (χ3n) is 1.66. The van der Waals surface area contributed by atoms with Crippen LogP contribution >= 0.6 is 0 Å². The molecule has 1 rings (SSSR count). The average Bonchev–Trinajstić information content (AvgIpc) is 1.96. The Labute approximate surface area is 60.6 Å². The molecule has 0 saturated carbocycles. The Balaban J connectivity index is 2.80. The fourth-order valence-corrected chi connectivity index (χ4v) is 0.829. The molecule has 1 aliphatic rings. The van der Waals surface area contributed by atoms with E-state index in [1.807, 2.05) is 19.1 Å². The summed E-state index contributed by atoms with van der Waals surface area (Å²) in [7, 11) is 0. The molecule has 0 saturated heterocycles. The van der Waals surface area contributed by atoms with Crippen LogP contribution in [0.1, 0.15) is 13.3 Å². The highest BCUT2D eigenvalue weighted by molar-refractivity contribution is 5.27. The van der Waals surface area contributed by atoms with Crippen molar-refractivity contribution in [2.45, 2.75) is 13.3 Å². The Morgan fingerprint density at radius 2 is 2.50 bits per heavy atom. The standard InChI is InChI=1S/C8H10N2/c1-8(6-9)4-2-7(10)3-5-8/h2-4H,5,10H2,1H3. The minimum atomic E-state index is -0.330. The minimum Gasteiger partial charge on any atom is -0.399 e. The van der Waals surface area contributed by atoms with Crippen LogP contribution in [0.15, 0.2) is 23.9 Å². The van der Waals surface area contributed by atoms with E-state index in [0.717, 1.165) is 12.1 Å². The Hall–Kier alpha value is -1.23. The minimum absolute atomic E-state index is 0.330. The molecule has 0 aromatic heterocycles. The van der Waals surface area contributed by atoms with Gasteiger partial charge in [-0.15, -0.1) is 0 Å². The van der Waals surface area contributed by atoms with E-state index in [-0.39, 0.29) is 5.41 Å². The second-order valence-electron chi connectivity index (χ2n) is 2.77. The highest BCUT2D eigenvalue weighted by Gasteiger charge is 2.20. The molecule has 2 N–H and O–H groups in total. The molecule has 0 amide bonds. The summed E-state index contributed by atoms with van der Waals surface area (Å²) < 4.78 is 0. The van der Waals surface area contributed by atoms with Crippen molar-refractivity contribution in [3.63, 3.8) is 0 Å². The molecule has 1 aliphatic carbocycles. The van der Waals surface area contributed by atoms with Gasteiger partial charge in [0.2, 0.25) is 0 Å². The van der Waals surface area contributed by atoms with Gasteiger partial charge in [-0.1, -0.05) is 12.2 Å². The first-order chi connectivity index (χ1) is 4.66. The number of rotatable bonds is 0. The molecule has 10 heavy (non-hydrogen) atoms. The van der Waals surface area contributed by atoms with Crippen LogP contribution in [0, 0.1) is 16.7 Å².